The maximum atomic E-state index is 11.4. The number of hydrogen-bond acceptors (Lipinski definition) is 3. The molecular formula is C9H10O3. The van der Waals surface area contributed by atoms with Crippen molar-refractivity contribution in [1.82, 2.24) is 0 Å². The highest BCUT2D eigenvalue weighted by Gasteiger charge is 2.68. The zero-order valence-corrected chi connectivity index (χ0v) is 6.71. The van der Waals surface area contributed by atoms with Gasteiger partial charge in [0.05, 0.1) is 11.3 Å². The van der Waals surface area contributed by atoms with Gasteiger partial charge in [-0.1, -0.05) is 0 Å². The minimum atomic E-state index is -0.336. The van der Waals surface area contributed by atoms with Gasteiger partial charge in [-0.2, -0.15) is 0 Å². The first kappa shape index (κ1) is 6.63. The number of carbonyl (C=O) groups excluding carboxylic acids is 2. The molecule has 3 rings (SSSR count). The van der Waals surface area contributed by atoms with E-state index in [0.717, 1.165) is 25.7 Å². The van der Waals surface area contributed by atoms with E-state index in [2.05, 4.69) is 4.74 Å². The molecule has 1 spiro atoms. The summed E-state index contributed by atoms with van der Waals surface area (Å²) >= 11 is 0. The topological polar surface area (TPSA) is 43.4 Å². The summed E-state index contributed by atoms with van der Waals surface area (Å²) in [5, 5.41) is 0. The molecule has 3 atom stereocenters. The highest BCUT2D eigenvalue weighted by molar-refractivity contribution is 6.00. The fourth-order valence-electron chi connectivity index (χ4n) is 3.14. The van der Waals surface area contributed by atoms with Gasteiger partial charge in [0.2, 0.25) is 0 Å². The van der Waals surface area contributed by atoms with Gasteiger partial charge >= 0.3 is 11.9 Å². The summed E-state index contributed by atoms with van der Waals surface area (Å²) in [6.45, 7) is 0. The van der Waals surface area contributed by atoms with Gasteiger partial charge in [-0.05, 0) is 31.6 Å². The summed E-state index contributed by atoms with van der Waals surface area (Å²) in [5.41, 5.74) is -0.336. The Morgan fingerprint density at radius 3 is 2.67 bits per heavy atom. The van der Waals surface area contributed by atoms with Gasteiger partial charge in [0.1, 0.15) is 0 Å². The van der Waals surface area contributed by atoms with Crippen LogP contribution in [0.2, 0.25) is 0 Å². The van der Waals surface area contributed by atoms with Crippen LogP contribution in [0.1, 0.15) is 25.7 Å². The highest BCUT2D eigenvalue weighted by atomic mass is 16.6. The van der Waals surface area contributed by atoms with Gasteiger partial charge in [-0.3, -0.25) is 9.59 Å². The predicted octanol–water partition coefficient (Wildman–Crippen LogP) is 0.876. The third-order valence-corrected chi connectivity index (χ3v) is 3.92. The van der Waals surface area contributed by atoms with Crippen molar-refractivity contribution in [3.63, 3.8) is 0 Å². The molecule has 1 heterocycles. The largest absolute Gasteiger partial charge is 0.392 e. The number of ether oxygens (including phenoxy) is 1. The second-order valence-electron chi connectivity index (χ2n) is 4.11. The molecule has 1 saturated heterocycles. The van der Waals surface area contributed by atoms with Gasteiger partial charge in [0.15, 0.2) is 0 Å². The van der Waals surface area contributed by atoms with Crippen LogP contribution in [0.15, 0.2) is 0 Å². The van der Waals surface area contributed by atoms with Crippen LogP contribution in [0.4, 0.5) is 0 Å². The lowest BCUT2D eigenvalue weighted by molar-refractivity contribution is -0.159. The second kappa shape index (κ2) is 1.73. The predicted molar refractivity (Wildman–Crippen MR) is 39.0 cm³/mol. The Balaban J connectivity index is 2.09. The molecule has 2 aliphatic carbocycles. The second-order valence-corrected chi connectivity index (χ2v) is 4.11. The smallest absolute Gasteiger partial charge is 0.320 e. The van der Waals surface area contributed by atoms with E-state index in [1.54, 1.807) is 0 Å². The first-order valence-electron chi connectivity index (χ1n) is 4.51. The molecule has 0 bridgehead atoms. The zero-order chi connectivity index (χ0) is 8.34. The summed E-state index contributed by atoms with van der Waals surface area (Å²) in [6.07, 6.45) is 3.91. The Bertz CT molecular complexity index is 283. The Hall–Kier alpha value is -0.860. The third-order valence-electron chi connectivity index (χ3n) is 3.92. The number of rotatable bonds is 0. The van der Waals surface area contributed by atoms with E-state index >= 15 is 0 Å². The normalized spacial score (nSPS) is 49.7. The van der Waals surface area contributed by atoms with E-state index in [-0.39, 0.29) is 23.3 Å². The molecule has 0 amide bonds. The fourth-order valence-corrected chi connectivity index (χ4v) is 3.14. The molecule has 3 heteroatoms. The molecule has 3 aliphatic rings. The molecule has 0 aromatic carbocycles. The molecule has 3 unspecified atom stereocenters. The molecule has 3 fully saturated rings. The molecule has 2 saturated carbocycles. The van der Waals surface area contributed by atoms with Crippen LogP contribution in [0.5, 0.6) is 0 Å². The van der Waals surface area contributed by atoms with Crippen molar-refractivity contribution in [3.8, 4) is 0 Å². The molecule has 0 N–H and O–H groups in total. The van der Waals surface area contributed by atoms with Crippen molar-refractivity contribution >= 4 is 11.9 Å². The Labute approximate surface area is 70.1 Å². The molecule has 0 aromatic heterocycles. The van der Waals surface area contributed by atoms with Gasteiger partial charge in [-0.15, -0.1) is 0 Å². The fraction of sp³-hybridized carbons (Fsp3) is 0.778. The van der Waals surface area contributed by atoms with Crippen LogP contribution in [-0.4, -0.2) is 11.9 Å². The van der Waals surface area contributed by atoms with Crippen LogP contribution < -0.4 is 0 Å². The third kappa shape index (κ3) is 0.464. The number of esters is 2. The maximum absolute atomic E-state index is 11.4. The van der Waals surface area contributed by atoms with Gasteiger partial charge < -0.3 is 4.74 Å². The van der Waals surface area contributed by atoms with Gasteiger partial charge in [-0.25, -0.2) is 0 Å². The summed E-state index contributed by atoms with van der Waals surface area (Å²) in [6, 6.07) is 0. The van der Waals surface area contributed by atoms with E-state index in [1.807, 2.05) is 0 Å². The molecular weight excluding hydrogens is 156 g/mol. The van der Waals surface area contributed by atoms with Crippen molar-refractivity contribution in [2.45, 2.75) is 25.7 Å². The lowest BCUT2D eigenvalue weighted by Crippen LogP contribution is -2.43. The van der Waals surface area contributed by atoms with Crippen LogP contribution in [0.25, 0.3) is 0 Å². The van der Waals surface area contributed by atoms with E-state index in [4.69, 9.17) is 0 Å². The monoisotopic (exact) mass is 166 g/mol. The lowest BCUT2D eigenvalue weighted by Gasteiger charge is -2.40. The van der Waals surface area contributed by atoms with Gasteiger partial charge in [0.25, 0.3) is 0 Å². The average Bonchev–Trinajstić information content (AvgIpc) is 2.36. The molecule has 0 radical (unpaired) electrons. The molecule has 1 aliphatic heterocycles. The van der Waals surface area contributed by atoms with E-state index in [1.165, 1.54) is 0 Å². The number of carbonyl (C=O) groups is 2. The van der Waals surface area contributed by atoms with Crippen molar-refractivity contribution in [3.05, 3.63) is 0 Å². The molecule has 0 aromatic rings. The molecule has 12 heavy (non-hydrogen) atoms. The minimum absolute atomic E-state index is 0.0799. The standard InChI is InChI=1S/C9H10O3/c10-7-6-2-1-5-3-4-9(5,6)8(11)12-7/h5-6H,1-4H2. The van der Waals surface area contributed by atoms with Crippen LogP contribution in [0.3, 0.4) is 0 Å². The Morgan fingerprint density at radius 2 is 2.08 bits per heavy atom. The molecule has 64 valence electrons. The first-order chi connectivity index (χ1) is 5.75. The summed E-state index contributed by atoms with van der Waals surface area (Å²) in [4.78, 5) is 22.6. The van der Waals surface area contributed by atoms with Crippen molar-refractivity contribution in [2.24, 2.45) is 17.3 Å². The van der Waals surface area contributed by atoms with Crippen LogP contribution in [-0.2, 0) is 14.3 Å². The van der Waals surface area contributed by atoms with Crippen LogP contribution >= 0.6 is 0 Å². The summed E-state index contributed by atoms with van der Waals surface area (Å²) in [5.74, 6) is -0.112. The SMILES string of the molecule is O=C1OC(=O)C23CCC2CCC13. The summed E-state index contributed by atoms with van der Waals surface area (Å²) < 4.78 is 4.68. The molecule has 3 nitrogen and oxygen atoms in total. The Kier molecular flexibility index (Phi) is 0.955. The average molecular weight is 166 g/mol. The Morgan fingerprint density at radius 1 is 1.25 bits per heavy atom. The van der Waals surface area contributed by atoms with E-state index < -0.39 is 0 Å². The lowest BCUT2D eigenvalue weighted by atomic mass is 9.59. The van der Waals surface area contributed by atoms with Gasteiger partial charge in [0, 0.05) is 0 Å². The van der Waals surface area contributed by atoms with E-state index in [9.17, 15) is 9.59 Å². The van der Waals surface area contributed by atoms with Crippen LogP contribution in [0, 0.1) is 17.3 Å². The van der Waals surface area contributed by atoms with Crippen molar-refractivity contribution in [2.75, 3.05) is 0 Å². The number of hydrogen-bond donors (Lipinski definition) is 0. The summed E-state index contributed by atoms with van der Waals surface area (Å²) in [7, 11) is 0. The van der Waals surface area contributed by atoms with Crippen molar-refractivity contribution < 1.29 is 14.3 Å². The maximum Gasteiger partial charge on any atom is 0.320 e. The van der Waals surface area contributed by atoms with Crippen molar-refractivity contribution in [1.29, 1.82) is 0 Å². The number of cyclic esters (lactones) is 2. The highest BCUT2D eigenvalue weighted by Crippen LogP contribution is 2.64. The minimum Gasteiger partial charge on any atom is -0.392 e. The zero-order valence-electron chi connectivity index (χ0n) is 6.71. The first-order valence-corrected chi connectivity index (χ1v) is 4.51. The quantitative estimate of drug-likeness (QED) is 0.396. The van der Waals surface area contributed by atoms with E-state index in [0.29, 0.717) is 5.92 Å².